The highest BCUT2D eigenvalue weighted by Crippen LogP contribution is 2.39. The summed E-state index contributed by atoms with van der Waals surface area (Å²) >= 11 is 5.09. The maximum atomic E-state index is 13.2. The second-order valence-electron chi connectivity index (χ2n) is 6.91. The second kappa shape index (κ2) is 8.35. The van der Waals surface area contributed by atoms with Gasteiger partial charge in [0.25, 0.3) is 0 Å². The number of carbonyl (C=O) groups excluding carboxylic acids is 1. The molecule has 0 saturated carbocycles. The lowest BCUT2D eigenvalue weighted by Crippen LogP contribution is -2.39. The third kappa shape index (κ3) is 3.75. The molecule has 0 bridgehead atoms. The lowest BCUT2D eigenvalue weighted by molar-refractivity contribution is -0.133. The summed E-state index contributed by atoms with van der Waals surface area (Å²) in [5, 5.41) is 5.04. The topological polar surface area (TPSA) is 46.1 Å². The summed E-state index contributed by atoms with van der Waals surface area (Å²) in [5.41, 5.74) is 4.37. The summed E-state index contributed by atoms with van der Waals surface area (Å²) in [7, 11) is 0. The summed E-state index contributed by atoms with van der Waals surface area (Å²) in [4.78, 5) is 27.1. The zero-order valence-corrected chi connectivity index (χ0v) is 18.7. The molecule has 0 fully saturated rings. The van der Waals surface area contributed by atoms with Gasteiger partial charge in [0.05, 0.1) is 6.04 Å². The van der Waals surface area contributed by atoms with Crippen LogP contribution in [0.1, 0.15) is 44.7 Å². The molecule has 1 aliphatic rings. The molecule has 0 spiro atoms. The normalized spacial score (nSPS) is 16.2. The zero-order valence-electron chi connectivity index (χ0n) is 16.3. The van der Waals surface area contributed by atoms with E-state index in [-0.39, 0.29) is 11.9 Å². The molecule has 4 heterocycles. The van der Waals surface area contributed by atoms with Crippen molar-refractivity contribution in [2.45, 2.75) is 44.3 Å². The summed E-state index contributed by atoms with van der Waals surface area (Å²) < 4.78 is 0. The van der Waals surface area contributed by atoms with Gasteiger partial charge in [0, 0.05) is 34.1 Å². The first-order valence-electron chi connectivity index (χ1n) is 9.35. The highest BCUT2D eigenvalue weighted by atomic mass is 32.2. The molecule has 7 heteroatoms. The molecule has 28 heavy (non-hydrogen) atoms. The predicted molar refractivity (Wildman–Crippen MR) is 118 cm³/mol. The molecule has 146 valence electrons. The van der Waals surface area contributed by atoms with E-state index in [0.29, 0.717) is 12.8 Å². The van der Waals surface area contributed by atoms with E-state index in [1.54, 1.807) is 34.4 Å². The van der Waals surface area contributed by atoms with Crippen molar-refractivity contribution in [2.75, 3.05) is 12.8 Å². The fourth-order valence-corrected chi connectivity index (χ4v) is 6.09. The van der Waals surface area contributed by atoms with E-state index in [2.05, 4.69) is 43.8 Å². The van der Waals surface area contributed by atoms with Gasteiger partial charge in [-0.05, 0) is 67.0 Å². The van der Waals surface area contributed by atoms with Crippen molar-refractivity contribution in [3.8, 4) is 0 Å². The monoisotopic (exact) mass is 429 g/mol. The minimum Gasteiger partial charge on any atom is -0.330 e. The quantitative estimate of drug-likeness (QED) is 0.421. The van der Waals surface area contributed by atoms with Crippen LogP contribution in [0.3, 0.4) is 0 Å². The van der Waals surface area contributed by atoms with E-state index in [1.165, 1.54) is 15.3 Å². The number of nitrogens with zero attached hydrogens (tertiary/aromatic N) is 3. The SMILES string of the molecule is CSc1nc(C)c(CCC(=O)N2CCc3sccc3[C@@H]2c2cccs2)c(C)n1. The first kappa shape index (κ1) is 19.6. The highest BCUT2D eigenvalue weighted by molar-refractivity contribution is 7.98. The van der Waals surface area contributed by atoms with E-state index in [4.69, 9.17) is 0 Å². The molecule has 0 radical (unpaired) electrons. The van der Waals surface area contributed by atoms with Crippen LogP contribution < -0.4 is 0 Å². The average Bonchev–Trinajstić information content (AvgIpc) is 3.37. The van der Waals surface area contributed by atoms with Crippen molar-refractivity contribution >= 4 is 40.3 Å². The molecular formula is C21H23N3OS3. The average molecular weight is 430 g/mol. The van der Waals surface area contributed by atoms with Crippen LogP contribution in [-0.2, 0) is 17.6 Å². The highest BCUT2D eigenvalue weighted by Gasteiger charge is 2.33. The molecule has 1 amide bonds. The van der Waals surface area contributed by atoms with Crippen molar-refractivity contribution in [1.29, 1.82) is 0 Å². The molecule has 4 rings (SSSR count). The minimum atomic E-state index is 0.0554. The number of thiophene rings is 2. The van der Waals surface area contributed by atoms with Gasteiger partial charge in [-0.25, -0.2) is 9.97 Å². The Labute approximate surface area is 178 Å². The number of fused-ring (bicyclic) bond motifs is 1. The fourth-order valence-electron chi connectivity index (χ4n) is 3.88. The lowest BCUT2D eigenvalue weighted by atomic mass is 9.97. The van der Waals surface area contributed by atoms with Gasteiger partial charge in [0.2, 0.25) is 5.91 Å². The van der Waals surface area contributed by atoms with Crippen LogP contribution in [0.5, 0.6) is 0 Å². The van der Waals surface area contributed by atoms with Crippen LogP contribution in [0.25, 0.3) is 0 Å². The van der Waals surface area contributed by atoms with Crippen LogP contribution in [0.15, 0.2) is 34.1 Å². The Kier molecular flexibility index (Phi) is 5.85. The molecule has 0 unspecified atom stereocenters. The fraction of sp³-hybridized carbons (Fsp3) is 0.381. The minimum absolute atomic E-state index is 0.0554. The van der Waals surface area contributed by atoms with Crippen molar-refractivity contribution < 1.29 is 4.79 Å². The Bertz CT molecular complexity index is 958. The summed E-state index contributed by atoms with van der Waals surface area (Å²) in [5.74, 6) is 0.211. The van der Waals surface area contributed by atoms with Crippen molar-refractivity contribution in [1.82, 2.24) is 14.9 Å². The van der Waals surface area contributed by atoms with Crippen molar-refractivity contribution in [3.05, 3.63) is 61.2 Å². The number of rotatable bonds is 5. The van der Waals surface area contributed by atoms with Crippen LogP contribution in [-0.4, -0.2) is 33.6 Å². The number of aromatic nitrogens is 2. The third-order valence-corrected chi connectivity index (χ3v) is 7.74. The summed E-state index contributed by atoms with van der Waals surface area (Å²) in [6.45, 7) is 4.82. The molecule has 1 atom stereocenters. The Morgan fingerprint density at radius 2 is 2.00 bits per heavy atom. The van der Waals surface area contributed by atoms with Gasteiger partial charge in [-0.15, -0.1) is 22.7 Å². The Morgan fingerprint density at radius 1 is 1.21 bits per heavy atom. The number of carbonyl (C=O) groups is 1. The van der Waals surface area contributed by atoms with Crippen molar-refractivity contribution in [2.24, 2.45) is 0 Å². The first-order chi connectivity index (χ1) is 13.6. The number of hydrogen-bond donors (Lipinski definition) is 0. The van der Waals surface area contributed by atoms with E-state index >= 15 is 0 Å². The van der Waals surface area contributed by atoms with Crippen LogP contribution >= 0.6 is 34.4 Å². The lowest BCUT2D eigenvalue weighted by Gasteiger charge is -2.35. The summed E-state index contributed by atoms with van der Waals surface area (Å²) in [6, 6.07) is 6.46. The third-order valence-electron chi connectivity index (χ3n) is 5.27. The molecule has 0 saturated heterocycles. The second-order valence-corrected chi connectivity index (χ2v) is 9.67. The Balaban J connectivity index is 1.55. The Morgan fingerprint density at radius 3 is 2.68 bits per heavy atom. The predicted octanol–water partition coefficient (Wildman–Crippen LogP) is 5.05. The van der Waals surface area contributed by atoms with Gasteiger partial charge < -0.3 is 4.90 Å². The summed E-state index contributed by atoms with van der Waals surface area (Å²) in [6.07, 6.45) is 4.11. The van der Waals surface area contributed by atoms with Gasteiger partial charge in [-0.2, -0.15) is 0 Å². The van der Waals surface area contributed by atoms with Crippen LogP contribution in [0, 0.1) is 13.8 Å². The standard InChI is InChI=1S/C21H23N3OS3/c1-13-15(14(2)23-21(22-13)26-3)6-7-19(25)24-10-8-17-16(9-12-28-17)20(24)18-5-4-11-27-18/h4-5,9,11-12,20H,6-8,10H2,1-3H3/t20-/m1/s1. The number of thioether (sulfide) groups is 1. The number of hydrogen-bond acceptors (Lipinski definition) is 6. The van der Waals surface area contributed by atoms with Gasteiger partial charge in [-0.1, -0.05) is 17.8 Å². The molecule has 0 aliphatic carbocycles. The zero-order chi connectivity index (χ0) is 19.7. The maximum Gasteiger partial charge on any atom is 0.223 e. The maximum absolute atomic E-state index is 13.2. The van der Waals surface area contributed by atoms with Crippen LogP contribution in [0.4, 0.5) is 0 Å². The van der Waals surface area contributed by atoms with Gasteiger partial charge in [0.15, 0.2) is 5.16 Å². The first-order valence-corrected chi connectivity index (χ1v) is 12.3. The molecule has 1 aliphatic heterocycles. The van der Waals surface area contributed by atoms with E-state index in [1.807, 2.05) is 20.1 Å². The Hall–Kier alpha value is -1.70. The largest absolute Gasteiger partial charge is 0.330 e. The molecular weight excluding hydrogens is 406 g/mol. The van der Waals surface area contributed by atoms with Crippen molar-refractivity contribution in [3.63, 3.8) is 0 Å². The molecule has 0 aromatic carbocycles. The smallest absolute Gasteiger partial charge is 0.223 e. The van der Waals surface area contributed by atoms with E-state index < -0.39 is 0 Å². The number of aryl methyl sites for hydroxylation is 2. The number of amides is 1. The molecule has 3 aromatic heterocycles. The van der Waals surface area contributed by atoms with E-state index in [9.17, 15) is 4.79 Å². The van der Waals surface area contributed by atoms with Gasteiger partial charge in [0.1, 0.15) is 0 Å². The van der Waals surface area contributed by atoms with Gasteiger partial charge in [-0.3, -0.25) is 4.79 Å². The molecule has 0 N–H and O–H groups in total. The molecule has 4 nitrogen and oxygen atoms in total. The van der Waals surface area contributed by atoms with Gasteiger partial charge >= 0.3 is 0 Å². The van der Waals surface area contributed by atoms with Crippen LogP contribution in [0.2, 0.25) is 0 Å². The van der Waals surface area contributed by atoms with E-state index in [0.717, 1.165) is 35.1 Å². The molecule has 3 aromatic rings.